The van der Waals surface area contributed by atoms with Crippen molar-refractivity contribution in [2.45, 2.75) is 11.8 Å². The Balaban J connectivity index is 1.81. The Morgan fingerprint density at radius 2 is 2.08 bits per heavy atom. The van der Waals surface area contributed by atoms with Crippen molar-refractivity contribution in [2.24, 2.45) is 5.10 Å². The number of nitrogens with one attached hydrogen (secondary N) is 1. The highest BCUT2D eigenvalue weighted by Gasteiger charge is 2.06. The van der Waals surface area contributed by atoms with Gasteiger partial charge in [-0.15, -0.1) is 11.8 Å². The predicted molar refractivity (Wildman–Crippen MR) is 110 cm³/mol. The number of thioether (sulfide) groups is 1. The molecule has 0 atom stereocenters. The van der Waals surface area contributed by atoms with E-state index >= 15 is 0 Å². The van der Waals surface area contributed by atoms with Crippen LogP contribution in [0.1, 0.15) is 12.5 Å². The Bertz CT molecular complexity index is 812. The van der Waals surface area contributed by atoms with Gasteiger partial charge in [-0.3, -0.25) is 14.9 Å². The van der Waals surface area contributed by atoms with E-state index in [1.165, 1.54) is 23.9 Å². The van der Waals surface area contributed by atoms with Crippen LogP contribution in [0.2, 0.25) is 0 Å². The van der Waals surface area contributed by atoms with Gasteiger partial charge in [0.1, 0.15) is 5.75 Å². The SMILES string of the molecule is CCOc1ccc(/C=N\NC(=O)CSc2ccc([N+](=O)[O-])cc2)cc1I. The third-order valence-electron chi connectivity index (χ3n) is 3.08. The monoisotopic (exact) mass is 485 g/mol. The maximum absolute atomic E-state index is 11.8. The number of benzene rings is 2. The molecule has 0 saturated carbocycles. The summed E-state index contributed by atoms with van der Waals surface area (Å²) in [6.45, 7) is 2.53. The number of carbonyl (C=O) groups is 1. The van der Waals surface area contributed by atoms with Crippen molar-refractivity contribution in [1.29, 1.82) is 0 Å². The maximum Gasteiger partial charge on any atom is 0.269 e. The molecule has 7 nitrogen and oxygen atoms in total. The number of nitro groups is 1. The Kier molecular flexibility index (Phi) is 7.85. The summed E-state index contributed by atoms with van der Waals surface area (Å²) in [5, 5.41) is 14.5. The van der Waals surface area contributed by atoms with Gasteiger partial charge >= 0.3 is 0 Å². The van der Waals surface area contributed by atoms with Crippen LogP contribution >= 0.6 is 34.4 Å². The minimum Gasteiger partial charge on any atom is -0.493 e. The lowest BCUT2D eigenvalue weighted by Gasteiger charge is -2.05. The molecule has 0 unspecified atom stereocenters. The Hall–Kier alpha value is -2.14. The second kappa shape index (κ2) is 10.1. The van der Waals surface area contributed by atoms with Crippen molar-refractivity contribution in [3.63, 3.8) is 0 Å². The number of non-ortho nitro benzene ring substituents is 1. The summed E-state index contributed by atoms with van der Waals surface area (Å²) >= 11 is 3.46. The first-order valence-corrected chi connectivity index (χ1v) is 9.67. The highest BCUT2D eigenvalue weighted by Crippen LogP contribution is 2.22. The molecule has 0 saturated heterocycles. The molecule has 1 amide bonds. The molecule has 9 heteroatoms. The Labute approximate surface area is 168 Å². The number of carbonyl (C=O) groups excluding carboxylic acids is 1. The molecule has 26 heavy (non-hydrogen) atoms. The van der Waals surface area contributed by atoms with Crippen LogP contribution in [0, 0.1) is 13.7 Å². The molecule has 0 heterocycles. The molecule has 0 aliphatic heterocycles. The predicted octanol–water partition coefficient (Wildman–Crippen LogP) is 3.84. The van der Waals surface area contributed by atoms with Crippen molar-refractivity contribution in [3.8, 4) is 5.75 Å². The zero-order valence-electron chi connectivity index (χ0n) is 13.8. The third-order valence-corrected chi connectivity index (χ3v) is 4.93. The molecule has 0 aliphatic carbocycles. The number of nitrogens with zero attached hydrogens (tertiary/aromatic N) is 2. The summed E-state index contributed by atoms with van der Waals surface area (Å²) in [5.41, 5.74) is 3.33. The van der Waals surface area contributed by atoms with E-state index < -0.39 is 4.92 Å². The van der Waals surface area contributed by atoms with E-state index in [0.717, 1.165) is 19.8 Å². The van der Waals surface area contributed by atoms with Crippen LogP contribution in [0.25, 0.3) is 0 Å². The highest BCUT2D eigenvalue weighted by atomic mass is 127. The summed E-state index contributed by atoms with van der Waals surface area (Å²) < 4.78 is 6.43. The lowest BCUT2D eigenvalue weighted by molar-refractivity contribution is -0.384. The molecule has 2 aromatic rings. The second-order valence-electron chi connectivity index (χ2n) is 4.96. The molecule has 0 fully saturated rings. The normalized spacial score (nSPS) is 10.7. The van der Waals surface area contributed by atoms with Gasteiger partial charge in [0.2, 0.25) is 5.91 Å². The fourth-order valence-corrected chi connectivity index (χ4v) is 3.28. The summed E-state index contributed by atoms with van der Waals surface area (Å²) in [6.07, 6.45) is 1.56. The topological polar surface area (TPSA) is 93.8 Å². The van der Waals surface area contributed by atoms with E-state index in [-0.39, 0.29) is 17.3 Å². The van der Waals surface area contributed by atoms with E-state index in [4.69, 9.17) is 4.74 Å². The van der Waals surface area contributed by atoms with Gasteiger partial charge in [0.25, 0.3) is 5.69 Å². The molecule has 0 bridgehead atoms. The van der Waals surface area contributed by atoms with Gasteiger partial charge in [-0.2, -0.15) is 5.10 Å². The smallest absolute Gasteiger partial charge is 0.269 e. The number of hydrogen-bond donors (Lipinski definition) is 1. The largest absolute Gasteiger partial charge is 0.493 e. The van der Waals surface area contributed by atoms with Crippen LogP contribution in [0.3, 0.4) is 0 Å². The minimum atomic E-state index is -0.460. The fraction of sp³-hybridized carbons (Fsp3) is 0.176. The molecular weight excluding hydrogens is 469 g/mol. The zero-order valence-corrected chi connectivity index (χ0v) is 16.8. The van der Waals surface area contributed by atoms with Gasteiger partial charge in [-0.05, 0) is 65.4 Å². The van der Waals surface area contributed by atoms with Crippen LogP contribution < -0.4 is 10.2 Å². The average molecular weight is 485 g/mol. The number of ether oxygens (including phenoxy) is 1. The molecule has 136 valence electrons. The van der Waals surface area contributed by atoms with Crippen LogP contribution in [-0.4, -0.2) is 29.4 Å². The number of halogens is 1. The van der Waals surface area contributed by atoms with Gasteiger partial charge in [0.15, 0.2) is 0 Å². The van der Waals surface area contributed by atoms with E-state index in [9.17, 15) is 14.9 Å². The van der Waals surface area contributed by atoms with Crippen molar-refractivity contribution in [2.75, 3.05) is 12.4 Å². The first-order valence-electron chi connectivity index (χ1n) is 7.61. The Morgan fingerprint density at radius 1 is 1.35 bits per heavy atom. The zero-order chi connectivity index (χ0) is 18.9. The van der Waals surface area contributed by atoms with E-state index in [1.54, 1.807) is 18.3 Å². The number of nitro benzene ring substituents is 1. The lowest BCUT2D eigenvalue weighted by Crippen LogP contribution is -2.19. The van der Waals surface area contributed by atoms with Crippen LogP contribution in [0.5, 0.6) is 5.75 Å². The maximum atomic E-state index is 11.8. The highest BCUT2D eigenvalue weighted by molar-refractivity contribution is 14.1. The molecule has 2 aromatic carbocycles. The standard InChI is InChI=1S/C17H16IN3O4S/c1-2-25-16-8-3-12(9-15(16)18)10-19-20-17(22)11-26-14-6-4-13(5-7-14)21(23)24/h3-10H,2,11H2,1H3,(H,20,22)/b19-10-. The molecule has 0 aliphatic rings. The van der Waals surface area contributed by atoms with Gasteiger partial charge in [0, 0.05) is 17.0 Å². The number of amides is 1. The van der Waals surface area contributed by atoms with Crippen LogP contribution in [0.4, 0.5) is 5.69 Å². The number of rotatable bonds is 8. The molecule has 2 rings (SSSR count). The van der Waals surface area contributed by atoms with Crippen molar-refractivity contribution in [3.05, 3.63) is 61.7 Å². The van der Waals surface area contributed by atoms with Gasteiger partial charge in [-0.25, -0.2) is 5.43 Å². The number of hydrogen-bond acceptors (Lipinski definition) is 6. The summed E-state index contributed by atoms with van der Waals surface area (Å²) in [5.74, 6) is 0.717. The third kappa shape index (κ3) is 6.30. The number of hydrazone groups is 1. The van der Waals surface area contributed by atoms with E-state index in [0.29, 0.717) is 6.61 Å². The summed E-state index contributed by atoms with van der Waals surface area (Å²) in [7, 11) is 0. The quantitative estimate of drug-likeness (QED) is 0.202. The van der Waals surface area contributed by atoms with Crippen molar-refractivity contribution < 1.29 is 14.5 Å². The van der Waals surface area contributed by atoms with E-state index in [2.05, 4.69) is 33.1 Å². The van der Waals surface area contributed by atoms with Crippen molar-refractivity contribution >= 4 is 52.2 Å². The first-order chi connectivity index (χ1) is 12.5. The summed E-state index contributed by atoms with van der Waals surface area (Å²) in [6, 6.07) is 11.7. The molecular formula is C17H16IN3O4S. The summed E-state index contributed by atoms with van der Waals surface area (Å²) in [4.78, 5) is 22.7. The average Bonchev–Trinajstić information content (AvgIpc) is 2.62. The van der Waals surface area contributed by atoms with Crippen LogP contribution in [0.15, 0.2) is 52.5 Å². The molecule has 0 spiro atoms. The first kappa shape index (κ1) is 20.2. The van der Waals surface area contributed by atoms with Gasteiger partial charge in [0.05, 0.1) is 27.1 Å². The van der Waals surface area contributed by atoms with Gasteiger partial charge in [-0.1, -0.05) is 0 Å². The molecule has 0 aromatic heterocycles. The Morgan fingerprint density at radius 3 is 2.69 bits per heavy atom. The van der Waals surface area contributed by atoms with E-state index in [1.807, 2.05) is 25.1 Å². The molecule has 1 N–H and O–H groups in total. The van der Waals surface area contributed by atoms with Crippen LogP contribution in [-0.2, 0) is 4.79 Å². The second-order valence-corrected chi connectivity index (χ2v) is 7.17. The van der Waals surface area contributed by atoms with Gasteiger partial charge < -0.3 is 4.74 Å². The van der Waals surface area contributed by atoms with Crippen molar-refractivity contribution in [1.82, 2.24) is 5.43 Å². The molecule has 0 radical (unpaired) electrons. The minimum absolute atomic E-state index is 0.0217. The fourth-order valence-electron chi connectivity index (χ4n) is 1.89. The lowest BCUT2D eigenvalue weighted by atomic mass is 10.2.